The number of aryl methyl sites for hydroxylation is 1. The number of nitrogens with one attached hydrogen (secondary N) is 2. The number of carbonyl (C=O) groups excluding carboxylic acids is 1. The molecule has 0 aromatic heterocycles. The van der Waals surface area contributed by atoms with Crippen LogP contribution >= 0.6 is 0 Å². The van der Waals surface area contributed by atoms with Crippen molar-refractivity contribution in [3.05, 3.63) is 29.3 Å². The summed E-state index contributed by atoms with van der Waals surface area (Å²) in [6, 6.07) is 5.84. The largest absolute Gasteiger partial charge is 0.387 e. The third-order valence-corrected chi connectivity index (χ3v) is 3.47. The SMILES string of the molecule is CNc1cc(C)ccc1C(=O)NCC1(C)CC1. The molecule has 1 fully saturated rings. The van der Waals surface area contributed by atoms with Crippen molar-refractivity contribution in [2.75, 3.05) is 18.9 Å². The molecular weight excluding hydrogens is 212 g/mol. The zero-order chi connectivity index (χ0) is 12.5. The van der Waals surface area contributed by atoms with Crippen LogP contribution in [0.2, 0.25) is 0 Å². The molecule has 92 valence electrons. The first-order chi connectivity index (χ1) is 8.04. The molecule has 0 aliphatic heterocycles. The average Bonchev–Trinajstić information content (AvgIpc) is 3.04. The summed E-state index contributed by atoms with van der Waals surface area (Å²) in [6.45, 7) is 5.01. The predicted octanol–water partition coefficient (Wildman–Crippen LogP) is 2.57. The maximum atomic E-state index is 12.1. The minimum Gasteiger partial charge on any atom is -0.387 e. The van der Waals surface area contributed by atoms with E-state index in [1.54, 1.807) is 0 Å². The van der Waals surface area contributed by atoms with Crippen LogP contribution in [0.1, 0.15) is 35.7 Å². The summed E-state index contributed by atoms with van der Waals surface area (Å²) < 4.78 is 0. The summed E-state index contributed by atoms with van der Waals surface area (Å²) in [4.78, 5) is 12.1. The molecule has 0 spiro atoms. The zero-order valence-corrected chi connectivity index (χ0v) is 10.8. The van der Waals surface area contributed by atoms with Crippen LogP contribution in [-0.4, -0.2) is 19.5 Å². The van der Waals surface area contributed by atoms with Gasteiger partial charge in [0.25, 0.3) is 5.91 Å². The molecule has 0 unspecified atom stereocenters. The molecule has 3 nitrogen and oxygen atoms in total. The Hall–Kier alpha value is -1.51. The van der Waals surface area contributed by atoms with E-state index >= 15 is 0 Å². The monoisotopic (exact) mass is 232 g/mol. The van der Waals surface area contributed by atoms with Crippen molar-refractivity contribution < 1.29 is 4.79 Å². The van der Waals surface area contributed by atoms with Gasteiger partial charge in [0.2, 0.25) is 0 Å². The van der Waals surface area contributed by atoms with Crippen LogP contribution in [0.15, 0.2) is 18.2 Å². The summed E-state index contributed by atoms with van der Waals surface area (Å²) in [5, 5.41) is 6.09. The Balaban J connectivity index is 2.07. The van der Waals surface area contributed by atoms with E-state index in [-0.39, 0.29) is 5.91 Å². The molecule has 2 N–H and O–H groups in total. The normalized spacial score (nSPS) is 16.4. The number of rotatable bonds is 4. The summed E-state index contributed by atoms with van der Waals surface area (Å²) in [5.74, 6) is 0.0162. The minimum atomic E-state index is 0.0162. The Kier molecular flexibility index (Phi) is 3.09. The molecule has 2 rings (SSSR count). The van der Waals surface area contributed by atoms with E-state index in [1.807, 2.05) is 32.2 Å². The van der Waals surface area contributed by atoms with Crippen LogP contribution in [0.3, 0.4) is 0 Å². The molecule has 17 heavy (non-hydrogen) atoms. The smallest absolute Gasteiger partial charge is 0.253 e. The first-order valence-electron chi connectivity index (χ1n) is 6.11. The van der Waals surface area contributed by atoms with Crippen LogP contribution in [0.4, 0.5) is 5.69 Å². The molecule has 1 aromatic carbocycles. The van der Waals surface area contributed by atoms with Gasteiger partial charge < -0.3 is 10.6 Å². The van der Waals surface area contributed by atoms with Crippen molar-refractivity contribution >= 4 is 11.6 Å². The molecule has 3 heteroatoms. The maximum Gasteiger partial charge on any atom is 0.253 e. The van der Waals surface area contributed by atoms with E-state index in [2.05, 4.69) is 17.6 Å². The maximum absolute atomic E-state index is 12.1. The van der Waals surface area contributed by atoms with Crippen molar-refractivity contribution in [2.24, 2.45) is 5.41 Å². The Labute approximate surface area is 103 Å². The fourth-order valence-corrected chi connectivity index (χ4v) is 1.84. The lowest BCUT2D eigenvalue weighted by Crippen LogP contribution is -2.29. The van der Waals surface area contributed by atoms with Gasteiger partial charge in [0.05, 0.1) is 5.56 Å². The van der Waals surface area contributed by atoms with E-state index in [0.717, 1.165) is 23.4 Å². The second kappa shape index (κ2) is 4.40. The molecule has 1 aromatic rings. The first kappa shape index (κ1) is 12.0. The quantitative estimate of drug-likeness (QED) is 0.837. The van der Waals surface area contributed by atoms with Crippen molar-refractivity contribution in [3.63, 3.8) is 0 Å². The van der Waals surface area contributed by atoms with Gasteiger partial charge in [0.1, 0.15) is 0 Å². The van der Waals surface area contributed by atoms with Crippen molar-refractivity contribution in [2.45, 2.75) is 26.7 Å². The number of benzene rings is 1. The third kappa shape index (κ3) is 2.78. The van der Waals surface area contributed by atoms with Crippen molar-refractivity contribution in [1.29, 1.82) is 0 Å². The van der Waals surface area contributed by atoms with Gasteiger partial charge in [-0.25, -0.2) is 0 Å². The van der Waals surface area contributed by atoms with E-state index in [0.29, 0.717) is 5.41 Å². The van der Waals surface area contributed by atoms with Gasteiger partial charge in [-0.1, -0.05) is 13.0 Å². The van der Waals surface area contributed by atoms with Crippen LogP contribution < -0.4 is 10.6 Å². The van der Waals surface area contributed by atoms with Gasteiger partial charge in [-0.2, -0.15) is 0 Å². The lowest BCUT2D eigenvalue weighted by molar-refractivity contribution is 0.0947. The van der Waals surface area contributed by atoms with E-state index in [4.69, 9.17) is 0 Å². The standard InChI is InChI=1S/C14H20N2O/c1-10-4-5-11(12(8-10)15-3)13(17)16-9-14(2)6-7-14/h4-5,8,15H,6-7,9H2,1-3H3,(H,16,17). The number of hydrogen-bond donors (Lipinski definition) is 2. The molecule has 1 aliphatic carbocycles. The van der Waals surface area contributed by atoms with Crippen LogP contribution in [0.5, 0.6) is 0 Å². The fraction of sp³-hybridized carbons (Fsp3) is 0.500. The summed E-state index contributed by atoms with van der Waals surface area (Å²) in [6.07, 6.45) is 2.44. The highest BCUT2D eigenvalue weighted by molar-refractivity contribution is 5.99. The van der Waals surface area contributed by atoms with E-state index in [1.165, 1.54) is 12.8 Å². The Bertz CT molecular complexity index is 436. The number of amides is 1. The summed E-state index contributed by atoms with van der Waals surface area (Å²) in [5.41, 5.74) is 3.12. The molecule has 1 saturated carbocycles. The van der Waals surface area contributed by atoms with Crippen LogP contribution in [0.25, 0.3) is 0 Å². The first-order valence-corrected chi connectivity index (χ1v) is 6.11. The van der Waals surface area contributed by atoms with E-state index in [9.17, 15) is 4.79 Å². The highest BCUT2D eigenvalue weighted by Crippen LogP contribution is 2.44. The summed E-state index contributed by atoms with van der Waals surface area (Å²) >= 11 is 0. The molecule has 0 saturated heterocycles. The van der Waals surface area contributed by atoms with Gasteiger partial charge in [0.15, 0.2) is 0 Å². The van der Waals surface area contributed by atoms with Crippen LogP contribution in [-0.2, 0) is 0 Å². The molecule has 1 amide bonds. The lowest BCUT2D eigenvalue weighted by atomic mass is 10.1. The molecule has 0 atom stereocenters. The Morgan fingerprint density at radius 3 is 2.71 bits per heavy atom. The van der Waals surface area contributed by atoms with E-state index < -0.39 is 0 Å². The lowest BCUT2D eigenvalue weighted by Gasteiger charge is -2.13. The molecule has 1 aliphatic rings. The number of carbonyl (C=O) groups is 1. The Morgan fingerprint density at radius 1 is 1.41 bits per heavy atom. The van der Waals surface area contributed by atoms with Gasteiger partial charge >= 0.3 is 0 Å². The topological polar surface area (TPSA) is 41.1 Å². The third-order valence-electron chi connectivity index (χ3n) is 3.47. The molecule has 0 bridgehead atoms. The fourth-order valence-electron chi connectivity index (χ4n) is 1.84. The van der Waals surface area contributed by atoms with Gasteiger partial charge in [0, 0.05) is 19.3 Å². The average molecular weight is 232 g/mol. The molecule has 0 heterocycles. The summed E-state index contributed by atoms with van der Waals surface area (Å²) in [7, 11) is 1.84. The number of hydrogen-bond acceptors (Lipinski definition) is 2. The number of anilines is 1. The second-order valence-electron chi connectivity index (χ2n) is 5.29. The highest BCUT2D eigenvalue weighted by atomic mass is 16.1. The van der Waals surface area contributed by atoms with Gasteiger partial charge in [-0.3, -0.25) is 4.79 Å². The van der Waals surface area contributed by atoms with Crippen molar-refractivity contribution in [1.82, 2.24) is 5.32 Å². The molecule has 0 radical (unpaired) electrons. The predicted molar refractivity (Wildman–Crippen MR) is 70.4 cm³/mol. The zero-order valence-electron chi connectivity index (χ0n) is 10.8. The van der Waals surface area contributed by atoms with Crippen molar-refractivity contribution in [3.8, 4) is 0 Å². The highest BCUT2D eigenvalue weighted by Gasteiger charge is 2.37. The van der Waals surface area contributed by atoms with Gasteiger partial charge in [-0.05, 0) is 42.9 Å². The second-order valence-corrected chi connectivity index (χ2v) is 5.29. The van der Waals surface area contributed by atoms with Gasteiger partial charge in [-0.15, -0.1) is 0 Å². The molecular formula is C14H20N2O. The minimum absolute atomic E-state index is 0.0162. The van der Waals surface area contributed by atoms with Crippen LogP contribution in [0, 0.1) is 12.3 Å². The Morgan fingerprint density at radius 2 is 2.12 bits per heavy atom.